The third-order valence-corrected chi connectivity index (χ3v) is 5.85. The standard InChI is InChI=1S/C28H26N6/c1-18-13-21(5-4-6-24(18)22-7-10-29-19(2)14-22)16-33-28-27-25(9-12-31-28)34-26(17-32-27)23-8-11-30-20(3)15-23/h4,6-15,17H,5,16H2,1-3H3,(H,31,33). The first-order chi connectivity index (χ1) is 16.6. The smallest absolute Gasteiger partial charge is 0.154 e. The molecule has 6 nitrogen and oxygen atoms in total. The monoisotopic (exact) mass is 446 g/mol. The Morgan fingerprint density at radius 2 is 1.59 bits per heavy atom. The summed E-state index contributed by atoms with van der Waals surface area (Å²) in [5.74, 6) is 0.739. The topological polar surface area (TPSA) is 76.5 Å². The number of nitrogens with one attached hydrogen (secondary N) is 1. The van der Waals surface area contributed by atoms with Crippen LogP contribution in [0.1, 0.15) is 30.3 Å². The molecule has 1 N–H and O–H groups in total. The Kier molecular flexibility index (Phi) is 5.95. The van der Waals surface area contributed by atoms with E-state index < -0.39 is 0 Å². The molecule has 0 bridgehead atoms. The number of allylic oxidation sites excluding steroid dienone is 5. The number of nitrogens with zero attached hydrogens (tertiary/aromatic N) is 5. The molecule has 0 saturated heterocycles. The Hall–Kier alpha value is -4.19. The van der Waals surface area contributed by atoms with Crippen LogP contribution in [0.4, 0.5) is 5.82 Å². The van der Waals surface area contributed by atoms with Crippen molar-refractivity contribution in [1.29, 1.82) is 0 Å². The molecule has 0 aliphatic heterocycles. The first kappa shape index (κ1) is 21.6. The molecule has 5 rings (SSSR count). The lowest BCUT2D eigenvalue weighted by Gasteiger charge is -2.11. The van der Waals surface area contributed by atoms with E-state index in [1.807, 2.05) is 38.2 Å². The first-order valence-electron chi connectivity index (χ1n) is 11.4. The third-order valence-electron chi connectivity index (χ3n) is 5.85. The van der Waals surface area contributed by atoms with Crippen LogP contribution in [0.3, 0.4) is 0 Å². The number of hydrogen-bond acceptors (Lipinski definition) is 6. The number of rotatable bonds is 5. The highest BCUT2D eigenvalue weighted by molar-refractivity contribution is 5.86. The second-order valence-corrected chi connectivity index (χ2v) is 8.51. The van der Waals surface area contributed by atoms with Gasteiger partial charge < -0.3 is 5.32 Å². The van der Waals surface area contributed by atoms with Crippen LogP contribution in [0, 0.1) is 13.8 Å². The maximum absolute atomic E-state index is 4.81. The lowest BCUT2D eigenvalue weighted by atomic mass is 10.0. The number of fused-ring (bicyclic) bond motifs is 1. The van der Waals surface area contributed by atoms with Gasteiger partial charge in [0.1, 0.15) is 5.52 Å². The van der Waals surface area contributed by atoms with Gasteiger partial charge in [-0.2, -0.15) is 0 Å². The molecule has 4 aromatic rings. The molecule has 4 heterocycles. The summed E-state index contributed by atoms with van der Waals surface area (Å²) in [7, 11) is 0. The maximum Gasteiger partial charge on any atom is 0.154 e. The minimum absolute atomic E-state index is 0.684. The van der Waals surface area contributed by atoms with Crippen LogP contribution < -0.4 is 5.32 Å². The lowest BCUT2D eigenvalue weighted by Crippen LogP contribution is -2.07. The van der Waals surface area contributed by atoms with Crippen molar-refractivity contribution in [3.05, 3.63) is 101 Å². The van der Waals surface area contributed by atoms with E-state index in [0.29, 0.717) is 6.54 Å². The van der Waals surface area contributed by atoms with Gasteiger partial charge >= 0.3 is 0 Å². The number of aromatic nitrogens is 5. The molecular weight excluding hydrogens is 420 g/mol. The van der Waals surface area contributed by atoms with Crippen LogP contribution in [-0.4, -0.2) is 31.5 Å². The summed E-state index contributed by atoms with van der Waals surface area (Å²) in [4.78, 5) is 22.6. The number of hydrogen-bond donors (Lipinski definition) is 1. The van der Waals surface area contributed by atoms with Gasteiger partial charge in [-0.15, -0.1) is 0 Å². The van der Waals surface area contributed by atoms with Gasteiger partial charge in [0.05, 0.1) is 17.4 Å². The molecule has 4 aromatic heterocycles. The van der Waals surface area contributed by atoms with Crippen LogP contribution in [0.25, 0.3) is 27.9 Å². The van der Waals surface area contributed by atoms with Gasteiger partial charge in [0, 0.05) is 42.1 Å². The minimum Gasteiger partial charge on any atom is -0.364 e. The number of pyridine rings is 3. The Labute approximate surface area is 199 Å². The first-order valence-corrected chi connectivity index (χ1v) is 11.4. The molecule has 0 fully saturated rings. The highest BCUT2D eigenvalue weighted by Gasteiger charge is 2.11. The Morgan fingerprint density at radius 1 is 0.853 bits per heavy atom. The minimum atomic E-state index is 0.684. The largest absolute Gasteiger partial charge is 0.364 e. The summed E-state index contributed by atoms with van der Waals surface area (Å²) < 4.78 is 0. The Bertz CT molecular complexity index is 1470. The van der Waals surface area contributed by atoms with Crippen LogP contribution in [0.2, 0.25) is 0 Å². The molecule has 0 atom stereocenters. The highest BCUT2D eigenvalue weighted by atomic mass is 15.0. The Balaban J connectivity index is 1.38. The lowest BCUT2D eigenvalue weighted by molar-refractivity contribution is 1.09. The molecular formula is C28H26N6. The SMILES string of the molecule is CC1=C(c2ccnc(C)c2)C=CCC(CNc2nccc3nc(-c4ccnc(C)c4)cnc23)=C1. The molecule has 1 aliphatic carbocycles. The van der Waals surface area contributed by atoms with E-state index >= 15 is 0 Å². The van der Waals surface area contributed by atoms with E-state index in [2.05, 4.69) is 62.5 Å². The summed E-state index contributed by atoms with van der Waals surface area (Å²) in [5, 5.41) is 3.48. The average Bonchev–Trinajstić information content (AvgIpc) is 3.03. The summed E-state index contributed by atoms with van der Waals surface area (Å²) >= 11 is 0. The Morgan fingerprint density at radius 3 is 2.38 bits per heavy atom. The van der Waals surface area contributed by atoms with E-state index in [4.69, 9.17) is 4.98 Å². The van der Waals surface area contributed by atoms with Crippen LogP contribution >= 0.6 is 0 Å². The van der Waals surface area contributed by atoms with Gasteiger partial charge in [-0.1, -0.05) is 18.2 Å². The van der Waals surface area contributed by atoms with Crippen LogP contribution in [-0.2, 0) is 0 Å². The molecule has 0 aromatic carbocycles. The van der Waals surface area contributed by atoms with Gasteiger partial charge in [0.2, 0.25) is 0 Å². The highest BCUT2D eigenvalue weighted by Crippen LogP contribution is 2.27. The molecule has 0 spiro atoms. The van der Waals surface area contributed by atoms with E-state index in [1.54, 1.807) is 18.6 Å². The fraction of sp³-hybridized carbons (Fsp3) is 0.179. The summed E-state index contributed by atoms with van der Waals surface area (Å²) in [6.45, 7) is 6.83. The van der Waals surface area contributed by atoms with E-state index in [-0.39, 0.29) is 0 Å². The van der Waals surface area contributed by atoms with E-state index in [0.717, 1.165) is 45.9 Å². The van der Waals surface area contributed by atoms with Crippen molar-refractivity contribution in [2.75, 3.05) is 11.9 Å². The fourth-order valence-corrected chi connectivity index (χ4v) is 4.18. The van der Waals surface area contributed by atoms with Crippen molar-refractivity contribution in [3.63, 3.8) is 0 Å². The molecule has 0 unspecified atom stereocenters. The number of anilines is 1. The van der Waals surface area contributed by atoms with Crippen LogP contribution in [0.5, 0.6) is 0 Å². The molecule has 0 saturated carbocycles. The normalized spacial score (nSPS) is 13.7. The summed E-state index contributed by atoms with van der Waals surface area (Å²) in [6, 6.07) is 10.1. The van der Waals surface area contributed by atoms with Gasteiger partial charge in [-0.05, 0) is 79.8 Å². The van der Waals surface area contributed by atoms with Crippen molar-refractivity contribution in [1.82, 2.24) is 24.9 Å². The van der Waals surface area contributed by atoms with Gasteiger partial charge in [-0.3, -0.25) is 9.97 Å². The maximum atomic E-state index is 4.81. The average molecular weight is 447 g/mol. The molecule has 6 heteroatoms. The van der Waals surface area contributed by atoms with Crippen molar-refractivity contribution in [2.45, 2.75) is 27.2 Å². The second-order valence-electron chi connectivity index (χ2n) is 8.51. The summed E-state index contributed by atoms with van der Waals surface area (Å²) in [5.41, 5.74) is 10.3. The fourth-order valence-electron chi connectivity index (χ4n) is 4.18. The predicted octanol–water partition coefficient (Wildman–Crippen LogP) is 5.87. The molecule has 1 aliphatic rings. The number of aryl methyl sites for hydroxylation is 2. The summed E-state index contributed by atoms with van der Waals surface area (Å²) in [6.07, 6.45) is 14.8. The third kappa shape index (κ3) is 4.62. The van der Waals surface area contributed by atoms with E-state index in [1.165, 1.54) is 22.3 Å². The van der Waals surface area contributed by atoms with Crippen LogP contribution in [0.15, 0.2) is 84.5 Å². The van der Waals surface area contributed by atoms with Crippen molar-refractivity contribution in [2.24, 2.45) is 0 Å². The van der Waals surface area contributed by atoms with Gasteiger partial charge in [-0.25, -0.2) is 15.0 Å². The zero-order chi connectivity index (χ0) is 23.5. The van der Waals surface area contributed by atoms with Crippen molar-refractivity contribution >= 4 is 22.4 Å². The molecule has 34 heavy (non-hydrogen) atoms. The van der Waals surface area contributed by atoms with Gasteiger partial charge in [0.25, 0.3) is 0 Å². The molecule has 0 amide bonds. The predicted molar refractivity (Wildman–Crippen MR) is 137 cm³/mol. The zero-order valence-electron chi connectivity index (χ0n) is 19.6. The van der Waals surface area contributed by atoms with Crippen molar-refractivity contribution in [3.8, 4) is 11.3 Å². The zero-order valence-corrected chi connectivity index (χ0v) is 19.6. The molecule has 168 valence electrons. The van der Waals surface area contributed by atoms with Gasteiger partial charge in [0.15, 0.2) is 5.82 Å². The second kappa shape index (κ2) is 9.35. The quantitative estimate of drug-likeness (QED) is 0.413. The van der Waals surface area contributed by atoms with E-state index in [9.17, 15) is 0 Å². The molecule has 0 radical (unpaired) electrons. The van der Waals surface area contributed by atoms with Crippen molar-refractivity contribution < 1.29 is 0 Å².